The van der Waals surface area contributed by atoms with E-state index in [1.165, 1.54) is 45.3 Å². The van der Waals surface area contributed by atoms with Crippen molar-refractivity contribution in [3.05, 3.63) is 58.3 Å². The number of benzene rings is 1. The van der Waals surface area contributed by atoms with E-state index in [0.717, 1.165) is 12.1 Å². The summed E-state index contributed by atoms with van der Waals surface area (Å²) < 4.78 is 46.1. The van der Waals surface area contributed by atoms with Crippen molar-refractivity contribution in [3.8, 4) is 5.75 Å². The fourth-order valence-electron chi connectivity index (χ4n) is 3.02. The zero-order chi connectivity index (χ0) is 20.5. The minimum atomic E-state index is -3.76. The van der Waals surface area contributed by atoms with Crippen molar-refractivity contribution < 1.29 is 22.3 Å². The maximum absolute atomic E-state index is 13.0. The molecular weight excluding hydrogens is 389 g/mol. The first-order chi connectivity index (χ1) is 13.2. The third-order valence-electron chi connectivity index (χ3n) is 4.62. The molecule has 0 N–H and O–H groups in total. The maximum Gasteiger partial charge on any atom is 0.270 e. The molecule has 10 heteroatoms. The predicted molar refractivity (Wildman–Crippen MR) is 99.3 cm³/mol. The van der Waals surface area contributed by atoms with Crippen molar-refractivity contribution in [2.24, 2.45) is 7.05 Å². The molecule has 1 aromatic carbocycles. The molecular formula is C18H20FN3O5S. The van der Waals surface area contributed by atoms with Crippen LogP contribution in [0.15, 0.2) is 46.2 Å². The first kappa shape index (κ1) is 20.0. The molecule has 2 heterocycles. The van der Waals surface area contributed by atoms with E-state index in [1.807, 2.05) is 0 Å². The molecule has 3 rings (SSSR count). The van der Waals surface area contributed by atoms with Crippen LogP contribution >= 0.6 is 0 Å². The topological polar surface area (TPSA) is 88.9 Å². The Balaban J connectivity index is 1.73. The molecule has 0 bridgehead atoms. The minimum absolute atomic E-state index is 0.00577. The van der Waals surface area contributed by atoms with Crippen LogP contribution in [-0.2, 0) is 17.1 Å². The summed E-state index contributed by atoms with van der Waals surface area (Å²) in [6.45, 7) is 0.573. The fourth-order valence-corrected chi connectivity index (χ4v) is 4.44. The number of nitrogens with zero attached hydrogens (tertiary/aromatic N) is 3. The lowest BCUT2D eigenvalue weighted by Crippen LogP contribution is -2.50. The van der Waals surface area contributed by atoms with Gasteiger partial charge in [-0.05, 0) is 24.3 Å². The van der Waals surface area contributed by atoms with E-state index >= 15 is 0 Å². The van der Waals surface area contributed by atoms with Crippen LogP contribution in [-0.4, -0.2) is 61.4 Å². The second-order valence-electron chi connectivity index (χ2n) is 6.35. The lowest BCUT2D eigenvalue weighted by Gasteiger charge is -2.34. The molecule has 0 radical (unpaired) electrons. The van der Waals surface area contributed by atoms with Gasteiger partial charge in [-0.25, -0.2) is 12.8 Å². The number of carbonyl (C=O) groups is 1. The molecule has 1 saturated heterocycles. The maximum atomic E-state index is 13.0. The van der Waals surface area contributed by atoms with Gasteiger partial charge in [0, 0.05) is 39.3 Å². The molecule has 1 aromatic heterocycles. The summed E-state index contributed by atoms with van der Waals surface area (Å²) in [6, 6.07) is 5.83. The zero-order valence-electron chi connectivity index (χ0n) is 15.5. The lowest BCUT2D eigenvalue weighted by molar-refractivity contribution is 0.0687. The van der Waals surface area contributed by atoms with E-state index in [9.17, 15) is 22.4 Å². The quantitative estimate of drug-likeness (QED) is 0.741. The van der Waals surface area contributed by atoms with Crippen LogP contribution in [0.5, 0.6) is 5.75 Å². The van der Waals surface area contributed by atoms with Crippen molar-refractivity contribution in [2.75, 3.05) is 33.3 Å². The monoisotopic (exact) mass is 409 g/mol. The number of hydrogen-bond acceptors (Lipinski definition) is 5. The van der Waals surface area contributed by atoms with Gasteiger partial charge in [-0.1, -0.05) is 0 Å². The average Bonchev–Trinajstić information content (AvgIpc) is 2.69. The van der Waals surface area contributed by atoms with Gasteiger partial charge in [0.25, 0.3) is 5.91 Å². The average molecular weight is 409 g/mol. The number of aryl methyl sites for hydroxylation is 1. The summed E-state index contributed by atoms with van der Waals surface area (Å²) in [5.74, 6) is -0.741. The fraction of sp³-hybridized carbons (Fsp3) is 0.333. The highest BCUT2D eigenvalue weighted by Crippen LogP contribution is 2.19. The van der Waals surface area contributed by atoms with Gasteiger partial charge in [0.05, 0.1) is 18.2 Å². The molecule has 1 amide bonds. The van der Waals surface area contributed by atoms with Gasteiger partial charge in [0.1, 0.15) is 11.5 Å². The van der Waals surface area contributed by atoms with Gasteiger partial charge in [-0.2, -0.15) is 4.31 Å². The molecule has 0 atom stereocenters. The summed E-state index contributed by atoms with van der Waals surface area (Å²) in [7, 11) is -0.756. The van der Waals surface area contributed by atoms with Crippen LogP contribution in [0.1, 0.15) is 10.5 Å². The number of piperazine rings is 1. The predicted octanol–water partition coefficient (Wildman–Crippen LogP) is 0.680. The summed E-state index contributed by atoms with van der Waals surface area (Å²) >= 11 is 0. The molecule has 0 aliphatic carbocycles. The Morgan fingerprint density at radius 1 is 1.11 bits per heavy atom. The largest absolute Gasteiger partial charge is 0.491 e. The Hall–Kier alpha value is -2.72. The molecule has 0 unspecified atom stereocenters. The minimum Gasteiger partial charge on any atom is -0.491 e. The second-order valence-corrected chi connectivity index (χ2v) is 8.29. The van der Waals surface area contributed by atoms with E-state index in [-0.39, 0.29) is 48.4 Å². The standard InChI is InChI=1S/C18H20FN3O5S/c1-20-12-17(27-2)16(23)11-15(20)18(24)21-7-9-22(10-8-21)28(25,26)14-5-3-13(19)4-6-14/h3-6,11-12H,7-10H2,1-2H3. The summed E-state index contributed by atoms with van der Waals surface area (Å²) in [5, 5.41) is 0. The van der Waals surface area contributed by atoms with E-state index in [1.54, 1.807) is 7.05 Å². The van der Waals surface area contributed by atoms with Crippen molar-refractivity contribution in [3.63, 3.8) is 0 Å². The number of methoxy groups -OCH3 is 1. The Bertz CT molecular complexity index is 1040. The molecule has 28 heavy (non-hydrogen) atoms. The van der Waals surface area contributed by atoms with Crippen molar-refractivity contribution >= 4 is 15.9 Å². The Labute approximate surface area is 161 Å². The molecule has 1 aliphatic rings. The molecule has 0 saturated carbocycles. The van der Waals surface area contributed by atoms with Crippen molar-refractivity contribution in [2.45, 2.75) is 4.90 Å². The molecule has 2 aromatic rings. The zero-order valence-corrected chi connectivity index (χ0v) is 16.3. The third-order valence-corrected chi connectivity index (χ3v) is 6.53. The first-order valence-corrected chi connectivity index (χ1v) is 9.97. The Morgan fingerprint density at radius 2 is 1.71 bits per heavy atom. The molecule has 8 nitrogen and oxygen atoms in total. The van der Waals surface area contributed by atoms with E-state index in [4.69, 9.17) is 4.74 Å². The van der Waals surface area contributed by atoms with Crippen LogP contribution in [0.3, 0.4) is 0 Å². The van der Waals surface area contributed by atoms with Gasteiger partial charge in [-0.15, -0.1) is 0 Å². The number of sulfonamides is 1. The van der Waals surface area contributed by atoms with Crippen LogP contribution in [0.2, 0.25) is 0 Å². The van der Waals surface area contributed by atoms with Gasteiger partial charge in [-0.3, -0.25) is 9.59 Å². The summed E-state index contributed by atoms with van der Waals surface area (Å²) in [4.78, 5) is 26.2. The third kappa shape index (κ3) is 3.78. The molecule has 1 aliphatic heterocycles. The number of carbonyl (C=O) groups excluding carboxylic acids is 1. The van der Waals surface area contributed by atoms with Crippen LogP contribution in [0.4, 0.5) is 4.39 Å². The van der Waals surface area contributed by atoms with Crippen LogP contribution < -0.4 is 10.2 Å². The Morgan fingerprint density at radius 3 is 2.29 bits per heavy atom. The normalized spacial score (nSPS) is 15.5. The summed E-state index contributed by atoms with van der Waals surface area (Å²) in [5.41, 5.74) is -0.206. The highest BCUT2D eigenvalue weighted by Gasteiger charge is 2.31. The number of rotatable bonds is 4. The van der Waals surface area contributed by atoms with Crippen LogP contribution in [0, 0.1) is 5.82 Å². The number of aromatic nitrogens is 1. The summed E-state index contributed by atoms with van der Waals surface area (Å²) in [6.07, 6.45) is 1.44. The smallest absolute Gasteiger partial charge is 0.270 e. The number of halogens is 1. The SMILES string of the molecule is COc1cn(C)c(C(=O)N2CCN(S(=O)(=O)c3ccc(F)cc3)CC2)cc1=O. The Kier molecular flexibility index (Phi) is 5.52. The van der Waals surface area contributed by atoms with Gasteiger partial charge >= 0.3 is 0 Å². The highest BCUT2D eigenvalue weighted by atomic mass is 32.2. The number of pyridine rings is 1. The van der Waals surface area contributed by atoms with Gasteiger partial charge < -0.3 is 14.2 Å². The number of amides is 1. The van der Waals surface area contributed by atoms with E-state index in [2.05, 4.69) is 0 Å². The molecule has 1 fully saturated rings. The van der Waals surface area contributed by atoms with E-state index < -0.39 is 21.3 Å². The van der Waals surface area contributed by atoms with Crippen LogP contribution in [0.25, 0.3) is 0 Å². The van der Waals surface area contributed by atoms with Gasteiger partial charge in [0.15, 0.2) is 5.75 Å². The molecule has 150 valence electrons. The first-order valence-electron chi connectivity index (χ1n) is 8.53. The lowest BCUT2D eigenvalue weighted by atomic mass is 10.2. The number of ether oxygens (including phenoxy) is 1. The number of hydrogen-bond donors (Lipinski definition) is 0. The highest BCUT2D eigenvalue weighted by molar-refractivity contribution is 7.89. The van der Waals surface area contributed by atoms with E-state index in [0.29, 0.717) is 0 Å². The van der Waals surface area contributed by atoms with Crippen molar-refractivity contribution in [1.29, 1.82) is 0 Å². The molecule has 0 spiro atoms. The van der Waals surface area contributed by atoms with Crippen molar-refractivity contribution in [1.82, 2.24) is 13.8 Å². The second kappa shape index (κ2) is 7.72. The van der Waals surface area contributed by atoms with Gasteiger partial charge in [0.2, 0.25) is 15.5 Å².